The highest BCUT2D eigenvalue weighted by molar-refractivity contribution is 5.49. The molecule has 76 valence electrons. The standard InChI is InChI=1S/C11H17N3/c1-7-8(2)12-9(3)13-11(7)14(4)10-5-6-10/h10H,5-6H2,1-4H3. The van der Waals surface area contributed by atoms with Crippen molar-refractivity contribution in [2.24, 2.45) is 0 Å². The van der Waals surface area contributed by atoms with Crippen molar-refractivity contribution in [2.75, 3.05) is 11.9 Å². The summed E-state index contributed by atoms with van der Waals surface area (Å²) in [7, 11) is 2.13. The molecule has 0 aliphatic heterocycles. The quantitative estimate of drug-likeness (QED) is 0.716. The van der Waals surface area contributed by atoms with Gasteiger partial charge in [-0.1, -0.05) is 0 Å². The van der Waals surface area contributed by atoms with Gasteiger partial charge in [0.15, 0.2) is 0 Å². The normalized spacial score (nSPS) is 15.7. The van der Waals surface area contributed by atoms with E-state index in [1.165, 1.54) is 18.4 Å². The van der Waals surface area contributed by atoms with Gasteiger partial charge in [-0.3, -0.25) is 0 Å². The Balaban J connectivity index is 2.39. The van der Waals surface area contributed by atoms with Crippen LogP contribution in [0.5, 0.6) is 0 Å². The second kappa shape index (κ2) is 3.23. The third-order valence-corrected chi connectivity index (χ3v) is 2.90. The summed E-state index contributed by atoms with van der Waals surface area (Å²) in [5, 5.41) is 0. The third kappa shape index (κ3) is 1.59. The highest BCUT2D eigenvalue weighted by Gasteiger charge is 2.28. The molecular formula is C11H17N3. The van der Waals surface area contributed by atoms with Gasteiger partial charge < -0.3 is 4.90 Å². The fourth-order valence-corrected chi connectivity index (χ4v) is 1.73. The molecule has 1 aromatic rings. The zero-order valence-electron chi connectivity index (χ0n) is 9.33. The Hall–Kier alpha value is -1.12. The molecule has 0 unspecified atom stereocenters. The van der Waals surface area contributed by atoms with Crippen LogP contribution in [0, 0.1) is 20.8 Å². The Kier molecular flexibility index (Phi) is 2.17. The summed E-state index contributed by atoms with van der Waals surface area (Å²) in [5.74, 6) is 1.98. The maximum absolute atomic E-state index is 4.51. The van der Waals surface area contributed by atoms with Crippen molar-refractivity contribution in [2.45, 2.75) is 39.7 Å². The molecule has 1 aliphatic rings. The number of nitrogens with zero attached hydrogens (tertiary/aromatic N) is 3. The van der Waals surface area contributed by atoms with Gasteiger partial charge in [-0.15, -0.1) is 0 Å². The number of aromatic nitrogens is 2. The molecule has 0 N–H and O–H groups in total. The van der Waals surface area contributed by atoms with Gasteiger partial charge in [-0.05, 0) is 33.6 Å². The lowest BCUT2D eigenvalue weighted by molar-refractivity contribution is 0.856. The summed E-state index contributed by atoms with van der Waals surface area (Å²) in [6.07, 6.45) is 2.61. The summed E-state index contributed by atoms with van der Waals surface area (Å²) in [6.45, 7) is 6.11. The molecule has 0 saturated heterocycles. The second-order valence-corrected chi connectivity index (χ2v) is 4.15. The fraction of sp³-hybridized carbons (Fsp3) is 0.636. The molecule has 1 saturated carbocycles. The average molecular weight is 191 g/mol. The van der Waals surface area contributed by atoms with E-state index in [0.717, 1.165) is 17.3 Å². The Morgan fingerprint density at radius 3 is 2.36 bits per heavy atom. The molecule has 1 aromatic heterocycles. The largest absolute Gasteiger partial charge is 0.356 e. The van der Waals surface area contributed by atoms with Crippen LogP contribution in [0.4, 0.5) is 5.82 Å². The molecule has 3 heteroatoms. The SMILES string of the molecule is Cc1nc(C)c(C)c(N(C)C2CC2)n1. The highest BCUT2D eigenvalue weighted by atomic mass is 15.2. The van der Waals surface area contributed by atoms with Gasteiger partial charge in [0, 0.05) is 24.3 Å². The smallest absolute Gasteiger partial charge is 0.135 e. The summed E-state index contributed by atoms with van der Waals surface area (Å²) in [4.78, 5) is 11.2. The molecule has 0 atom stereocenters. The van der Waals surface area contributed by atoms with Crippen molar-refractivity contribution < 1.29 is 0 Å². The second-order valence-electron chi connectivity index (χ2n) is 4.15. The summed E-state index contributed by atoms with van der Waals surface area (Å²) < 4.78 is 0. The van der Waals surface area contributed by atoms with Crippen LogP contribution in [0.25, 0.3) is 0 Å². The van der Waals surface area contributed by atoms with E-state index in [9.17, 15) is 0 Å². The van der Waals surface area contributed by atoms with Gasteiger partial charge in [0.2, 0.25) is 0 Å². The van der Waals surface area contributed by atoms with Crippen LogP contribution < -0.4 is 4.90 Å². The molecule has 0 spiro atoms. The van der Waals surface area contributed by atoms with E-state index in [0.29, 0.717) is 6.04 Å². The zero-order valence-corrected chi connectivity index (χ0v) is 9.33. The summed E-state index contributed by atoms with van der Waals surface area (Å²) >= 11 is 0. The van der Waals surface area contributed by atoms with Crippen molar-refractivity contribution in [3.05, 3.63) is 17.1 Å². The first kappa shape index (κ1) is 9.44. The molecule has 1 fully saturated rings. The number of hydrogen-bond donors (Lipinski definition) is 0. The van der Waals surface area contributed by atoms with E-state index in [-0.39, 0.29) is 0 Å². The van der Waals surface area contributed by atoms with E-state index in [1.54, 1.807) is 0 Å². The third-order valence-electron chi connectivity index (χ3n) is 2.90. The van der Waals surface area contributed by atoms with Crippen molar-refractivity contribution in [1.29, 1.82) is 0 Å². The van der Waals surface area contributed by atoms with Crippen LogP contribution in [0.15, 0.2) is 0 Å². The lowest BCUT2D eigenvalue weighted by Gasteiger charge is -2.20. The van der Waals surface area contributed by atoms with Crippen molar-refractivity contribution in [3.8, 4) is 0 Å². The van der Waals surface area contributed by atoms with Crippen LogP contribution in [-0.4, -0.2) is 23.1 Å². The van der Waals surface area contributed by atoms with Gasteiger partial charge in [0.05, 0.1) is 0 Å². The monoisotopic (exact) mass is 191 g/mol. The predicted octanol–water partition coefficient (Wildman–Crippen LogP) is 2.00. The number of anilines is 1. The molecular weight excluding hydrogens is 174 g/mol. The van der Waals surface area contributed by atoms with Crippen LogP contribution in [-0.2, 0) is 0 Å². The molecule has 2 rings (SSSR count). The van der Waals surface area contributed by atoms with Crippen LogP contribution in [0.3, 0.4) is 0 Å². The predicted molar refractivity (Wildman–Crippen MR) is 57.7 cm³/mol. The van der Waals surface area contributed by atoms with Crippen LogP contribution in [0.1, 0.15) is 29.9 Å². The van der Waals surface area contributed by atoms with Gasteiger partial charge in [0.25, 0.3) is 0 Å². The molecule has 0 amide bonds. The van der Waals surface area contributed by atoms with E-state index in [4.69, 9.17) is 0 Å². The fourth-order valence-electron chi connectivity index (χ4n) is 1.73. The Morgan fingerprint density at radius 1 is 1.14 bits per heavy atom. The minimum absolute atomic E-state index is 0.711. The maximum atomic E-state index is 4.51. The molecule has 14 heavy (non-hydrogen) atoms. The van der Waals surface area contributed by atoms with Gasteiger partial charge in [-0.25, -0.2) is 9.97 Å². The van der Waals surface area contributed by atoms with Gasteiger partial charge in [0.1, 0.15) is 11.6 Å². The average Bonchev–Trinajstić information content (AvgIpc) is 2.93. The highest BCUT2D eigenvalue weighted by Crippen LogP contribution is 2.31. The minimum Gasteiger partial charge on any atom is -0.356 e. The lowest BCUT2D eigenvalue weighted by atomic mass is 10.2. The first-order valence-electron chi connectivity index (χ1n) is 5.14. The molecule has 0 radical (unpaired) electrons. The Morgan fingerprint density at radius 2 is 1.79 bits per heavy atom. The number of aryl methyl sites for hydroxylation is 2. The Bertz CT molecular complexity index is 356. The number of rotatable bonds is 2. The van der Waals surface area contributed by atoms with Crippen molar-refractivity contribution in [1.82, 2.24) is 9.97 Å². The zero-order chi connectivity index (χ0) is 10.3. The van der Waals surface area contributed by atoms with E-state index in [1.807, 2.05) is 13.8 Å². The van der Waals surface area contributed by atoms with E-state index >= 15 is 0 Å². The minimum atomic E-state index is 0.711. The van der Waals surface area contributed by atoms with Crippen molar-refractivity contribution >= 4 is 5.82 Å². The van der Waals surface area contributed by atoms with Crippen LogP contribution in [0.2, 0.25) is 0 Å². The number of hydrogen-bond acceptors (Lipinski definition) is 3. The Labute approximate surface area is 85.2 Å². The summed E-state index contributed by atoms with van der Waals surface area (Å²) in [6, 6.07) is 0.711. The topological polar surface area (TPSA) is 29.0 Å². The van der Waals surface area contributed by atoms with Gasteiger partial charge >= 0.3 is 0 Å². The molecule has 0 aromatic carbocycles. The van der Waals surface area contributed by atoms with E-state index < -0.39 is 0 Å². The first-order valence-corrected chi connectivity index (χ1v) is 5.14. The molecule has 3 nitrogen and oxygen atoms in total. The first-order chi connectivity index (χ1) is 6.59. The van der Waals surface area contributed by atoms with Gasteiger partial charge in [-0.2, -0.15) is 0 Å². The summed E-state index contributed by atoms with van der Waals surface area (Å²) in [5.41, 5.74) is 2.31. The maximum Gasteiger partial charge on any atom is 0.135 e. The van der Waals surface area contributed by atoms with E-state index in [2.05, 4.69) is 28.8 Å². The lowest BCUT2D eigenvalue weighted by Crippen LogP contribution is -2.22. The molecule has 0 bridgehead atoms. The molecule has 1 heterocycles. The molecule has 1 aliphatic carbocycles. The van der Waals surface area contributed by atoms with Crippen LogP contribution >= 0.6 is 0 Å². The van der Waals surface area contributed by atoms with Crippen molar-refractivity contribution in [3.63, 3.8) is 0 Å².